The van der Waals surface area contributed by atoms with Crippen LogP contribution in [-0.2, 0) is 9.59 Å². The maximum Gasteiger partial charge on any atom is 0.276 e. The summed E-state index contributed by atoms with van der Waals surface area (Å²) in [5.74, 6) is 0.423. The van der Waals surface area contributed by atoms with Gasteiger partial charge in [-0.15, -0.1) is 10.2 Å². The van der Waals surface area contributed by atoms with Gasteiger partial charge in [0, 0.05) is 11.3 Å². The van der Waals surface area contributed by atoms with Crippen molar-refractivity contribution in [3.05, 3.63) is 90.0 Å². The van der Waals surface area contributed by atoms with Crippen molar-refractivity contribution >= 4 is 23.6 Å². The number of hydrogen-bond donors (Lipinski definition) is 2. The Balaban J connectivity index is 1.41. The van der Waals surface area contributed by atoms with Crippen LogP contribution in [0.3, 0.4) is 0 Å². The second kappa shape index (κ2) is 11.5. The minimum Gasteiger partial charge on any atom is -0.484 e. The minimum absolute atomic E-state index is 0.215. The van der Waals surface area contributed by atoms with E-state index < -0.39 is 11.2 Å². The van der Waals surface area contributed by atoms with Crippen molar-refractivity contribution < 1.29 is 14.3 Å². The molecule has 0 bridgehead atoms. The highest BCUT2D eigenvalue weighted by molar-refractivity contribution is 8.00. The summed E-state index contributed by atoms with van der Waals surface area (Å²) < 4.78 is 7.36. The molecule has 3 aromatic carbocycles. The van der Waals surface area contributed by atoms with Gasteiger partial charge in [0.05, 0.1) is 5.25 Å². The topological polar surface area (TPSA) is 98.1 Å². The van der Waals surface area contributed by atoms with Crippen molar-refractivity contribution in [1.82, 2.24) is 25.6 Å². The zero-order valence-electron chi connectivity index (χ0n) is 20.3. The van der Waals surface area contributed by atoms with Gasteiger partial charge in [0.25, 0.3) is 11.8 Å². The number of aromatic nitrogens is 3. The Morgan fingerprint density at radius 3 is 2.19 bits per heavy atom. The molecule has 0 unspecified atom stereocenters. The van der Waals surface area contributed by atoms with E-state index in [1.165, 1.54) is 11.8 Å². The molecule has 184 valence electrons. The van der Waals surface area contributed by atoms with E-state index in [9.17, 15) is 9.59 Å². The second-order valence-electron chi connectivity index (χ2n) is 8.24. The van der Waals surface area contributed by atoms with Crippen LogP contribution in [0.25, 0.3) is 17.1 Å². The zero-order valence-corrected chi connectivity index (χ0v) is 21.1. The Kier molecular flexibility index (Phi) is 8.02. The summed E-state index contributed by atoms with van der Waals surface area (Å²) in [4.78, 5) is 24.8. The molecule has 4 aromatic rings. The number of amides is 2. The lowest BCUT2D eigenvalue weighted by Crippen LogP contribution is -2.46. The zero-order chi connectivity index (χ0) is 25.5. The number of aryl methyl sites for hydroxylation is 2. The second-order valence-corrected chi connectivity index (χ2v) is 9.55. The van der Waals surface area contributed by atoms with Crippen LogP contribution < -0.4 is 15.6 Å². The SMILES string of the molecule is Cc1ccc(OCC(=O)NNC(=O)[C@@H](C)Sc2nnc(-c3ccc(C)cc3)n2-c2ccccc2)cc1. The van der Waals surface area contributed by atoms with Crippen molar-refractivity contribution in [1.29, 1.82) is 0 Å². The number of benzene rings is 3. The third kappa shape index (κ3) is 6.31. The first-order valence-electron chi connectivity index (χ1n) is 11.4. The highest BCUT2D eigenvalue weighted by Crippen LogP contribution is 2.30. The first kappa shape index (κ1) is 25.0. The van der Waals surface area contributed by atoms with Crippen LogP contribution >= 0.6 is 11.8 Å². The van der Waals surface area contributed by atoms with Crippen LogP contribution in [0.4, 0.5) is 0 Å². The maximum atomic E-state index is 12.7. The minimum atomic E-state index is -0.555. The molecule has 0 saturated carbocycles. The van der Waals surface area contributed by atoms with E-state index in [-0.39, 0.29) is 12.5 Å². The molecule has 8 nitrogen and oxygen atoms in total. The molecule has 1 aromatic heterocycles. The van der Waals surface area contributed by atoms with Gasteiger partial charge in [0.2, 0.25) is 0 Å². The number of hydrazine groups is 1. The number of carbonyl (C=O) groups excluding carboxylic acids is 2. The molecule has 0 fully saturated rings. The van der Waals surface area contributed by atoms with Gasteiger partial charge in [-0.05, 0) is 45.0 Å². The molecule has 0 aliphatic carbocycles. The summed E-state index contributed by atoms with van der Waals surface area (Å²) in [5.41, 5.74) is 8.90. The summed E-state index contributed by atoms with van der Waals surface area (Å²) in [6.45, 7) is 5.52. The quantitative estimate of drug-likeness (QED) is 0.277. The van der Waals surface area contributed by atoms with Crippen LogP contribution in [0.2, 0.25) is 0 Å². The molecular weight excluding hydrogens is 474 g/mol. The Morgan fingerprint density at radius 2 is 1.53 bits per heavy atom. The molecule has 2 N–H and O–H groups in total. The first-order valence-corrected chi connectivity index (χ1v) is 12.3. The van der Waals surface area contributed by atoms with E-state index in [0.717, 1.165) is 22.4 Å². The van der Waals surface area contributed by atoms with Crippen molar-refractivity contribution in [2.75, 3.05) is 6.61 Å². The number of thioether (sulfide) groups is 1. The van der Waals surface area contributed by atoms with Crippen LogP contribution in [0.1, 0.15) is 18.1 Å². The number of nitrogens with one attached hydrogen (secondary N) is 2. The average Bonchev–Trinajstić information content (AvgIpc) is 3.31. The molecule has 4 rings (SSSR count). The van der Waals surface area contributed by atoms with Gasteiger partial charge >= 0.3 is 0 Å². The number of ether oxygens (including phenoxy) is 1. The summed E-state index contributed by atoms with van der Waals surface area (Å²) >= 11 is 1.25. The smallest absolute Gasteiger partial charge is 0.276 e. The molecule has 0 aliphatic heterocycles. The fourth-order valence-electron chi connectivity index (χ4n) is 3.31. The molecule has 0 spiro atoms. The summed E-state index contributed by atoms with van der Waals surface area (Å²) in [6.07, 6.45) is 0. The van der Waals surface area contributed by atoms with Crippen LogP contribution in [0.15, 0.2) is 84.0 Å². The van der Waals surface area contributed by atoms with Crippen molar-refractivity contribution in [3.63, 3.8) is 0 Å². The van der Waals surface area contributed by atoms with Crippen molar-refractivity contribution in [2.24, 2.45) is 0 Å². The highest BCUT2D eigenvalue weighted by Gasteiger charge is 2.22. The Morgan fingerprint density at radius 1 is 0.889 bits per heavy atom. The summed E-state index contributed by atoms with van der Waals surface area (Å²) in [5, 5.41) is 8.79. The van der Waals surface area contributed by atoms with Gasteiger partial charge in [0.15, 0.2) is 17.6 Å². The molecule has 9 heteroatoms. The average molecular weight is 502 g/mol. The van der Waals surface area contributed by atoms with Crippen LogP contribution in [0.5, 0.6) is 5.75 Å². The van der Waals surface area contributed by atoms with Gasteiger partial charge in [-0.25, -0.2) is 0 Å². The lowest BCUT2D eigenvalue weighted by Gasteiger charge is -2.14. The lowest BCUT2D eigenvalue weighted by atomic mass is 10.1. The molecule has 0 radical (unpaired) electrons. The molecule has 0 saturated heterocycles. The summed E-state index contributed by atoms with van der Waals surface area (Å²) in [7, 11) is 0. The van der Waals surface area contributed by atoms with Crippen molar-refractivity contribution in [2.45, 2.75) is 31.2 Å². The predicted octanol–water partition coefficient (Wildman–Crippen LogP) is 4.26. The van der Waals surface area contributed by atoms with E-state index in [2.05, 4.69) is 21.0 Å². The number of carbonyl (C=O) groups is 2. The van der Waals surface area contributed by atoms with Gasteiger partial charge < -0.3 is 4.74 Å². The van der Waals surface area contributed by atoms with Gasteiger partial charge in [-0.1, -0.05) is 77.5 Å². The first-order chi connectivity index (χ1) is 17.4. The Hall–Kier alpha value is -4.11. The number of para-hydroxylation sites is 1. The lowest BCUT2D eigenvalue weighted by molar-refractivity contribution is -0.129. The number of nitrogens with zero attached hydrogens (tertiary/aromatic N) is 3. The van der Waals surface area contributed by atoms with Gasteiger partial charge in [0.1, 0.15) is 5.75 Å². The molecular formula is C27H27N5O3S. The van der Waals surface area contributed by atoms with Crippen LogP contribution in [0, 0.1) is 13.8 Å². The highest BCUT2D eigenvalue weighted by atomic mass is 32.2. The standard InChI is InChI=1S/C27H27N5O3S/c1-18-9-13-21(14-10-18)25-29-31-27(32(25)22-7-5-4-6-8-22)36-20(3)26(34)30-28-24(33)17-35-23-15-11-19(2)12-16-23/h4-16,20H,17H2,1-3H3,(H,28,33)(H,30,34)/t20-/m1/s1. The van der Waals surface area contributed by atoms with Crippen LogP contribution in [-0.4, -0.2) is 38.4 Å². The van der Waals surface area contributed by atoms with Gasteiger partial charge in [-0.2, -0.15) is 0 Å². The number of hydrogen-bond acceptors (Lipinski definition) is 6. The number of rotatable bonds is 8. The third-order valence-corrected chi connectivity index (χ3v) is 6.37. The molecule has 1 heterocycles. The Labute approximate surface area is 214 Å². The van der Waals surface area contributed by atoms with Crippen molar-refractivity contribution in [3.8, 4) is 22.8 Å². The predicted molar refractivity (Wildman–Crippen MR) is 140 cm³/mol. The summed E-state index contributed by atoms with van der Waals surface area (Å²) in [6, 6.07) is 25.1. The third-order valence-electron chi connectivity index (χ3n) is 5.32. The van der Waals surface area contributed by atoms with E-state index in [1.54, 1.807) is 19.1 Å². The molecule has 2 amide bonds. The van der Waals surface area contributed by atoms with Gasteiger partial charge in [-0.3, -0.25) is 25.0 Å². The van der Waals surface area contributed by atoms with E-state index in [4.69, 9.17) is 4.74 Å². The maximum absolute atomic E-state index is 12.7. The largest absolute Gasteiger partial charge is 0.484 e. The molecule has 1 atom stereocenters. The fourth-order valence-corrected chi connectivity index (χ4v) is 4.18. The molecule has 0 aliphatic rings. The fraction of sp³-hybridized carbons (Fsp3) is 0.185. The normalized spacial score (nSPS) is 11.5. The van der Waals surface area contributed by atoms with E-state index >= 15 is 0 Å². The molecule has 36 heavy (non-hydrogen) atoms. The Bertz CT molecular complexity index is 1320. The van der Waals surface area contributed by atoms with E-state index in [1.807, 2.05) is 85.1 Å². The van der Waals surface area contributed by atoms with E-state index in [0.29, 0.717) is 16.7 Å². The monoisotopic (exact) mass is 501 g/mol.